The highest BCUT2D eigenvalue weighted by Crippen LogP contribution is 2.29. The highest BCUT2D eigenvalue weighted by molar-refractivity contribution is 6.09. The lowest BCUT2D eigenvalue weighted by Crippen LogP contribution is -2.47. The van der Waals surface area contributed by atoms with E-state index in [0.717, 1.165) is 11.1 Å². The van der Waals surface area contributed by atoms with E-state index in [2.05, 4.69) is 5.32 Å². The van der Waals surface area contributed by atoms with Gasteiger partial charge in [0.25, 0.3) is 5.91 Å². The summed E-state index contributed by atoms with van der Waals surface area (Å²) in [7, 11) is 0. The van der Waals surface area contributed by atoms with Gasteiger partial charge in [0.2, 0.25) is 5.91 Å². The Labute approximate surface area is 136 Å². The van der Waals surface area contributed by atoms with E-state index in [-0.39, 0.29) is 18.4 Å². The molecule has 0 unspecified atom stereocenters. The van der Waals surface area contributed by atoms with Gasteiger partial charge in [0.05, 0.1) is 11.3 Å². The third kappa shape index (κ3) is 2.97. The molecule has 0 aromatic heterocycles. The molecule has 2 aromatic carbocycles. The second-order valence-electron chi connectivity index (χ2n) is 6.74. The number of benzene rings is 2. The summed E-state index contributed by atoms with van der Waals surface area (Å²) in [6, 6.07) is 15.5. The first-order valence-electron chi connectivity index (χ1n) is 7.67. The van der Waals surface area contributed by atoms with Gasteiger partial charge in [0.15, 0.2) is 0 Å². The first-order valence-corrected chi connectivity index (χ1v) is 7.67. The van der Waals surface area contributed by atoms with E-state index < -0.39 is 5.54 Å². The summed E-state index contributed by atoms with van der Waals surface area (Å²) in [5.74, 6) is -0.289. The van der Waals surface area contributed by atoms with E-state index in [1.165, 1.54) is 0 Å². The first-order chi connectivity index (χ1) is 10.9. The van der Waals surface area contributed by atoms with Gasteiger partial charge in [-0.25, -0.2) is 0 Å². The Hall–Kier alpha value is -2.62. The average molecular weight is 308 g/mol. The number of hydrogen-bond acceptors (Lipinski definition) is 2. The summed E-state index contributed by atoms with van der Waals surface area (Å²) in [4.78, 5) is 26.7. The fourth-order valence-electron chi connectivity index (χ4n) is 2.73. The third-order valence-electron chi connectivity index (χ3n) is 3.99. The molecule has 2 amide bonds. The molecule has 1 heterocycles. The molecule has 1 aliphatic heterocycles. The number of nitrogens with one attached hydrogen (secondary N) is 1. The minimum atomic E-state index is -0.418. The van der Waals surface area contributed by atoms with Crippen LogP contribution in [0.25, 0.3) is 11.1 Å². The van der Waals surface area contributed by atoms with Crippen molar-refractivity contribution >= 4 is 17.5 Å². The van der Waals surface area contributed by atoms with Crippen molar-refractivity contribution in [2.24, 2.45) is 0 Å². The molecule has 23 heavy (non-hydrogen) atoms. The molecule has 0 spiro atoms. The quantitative estimate of drug-likeness (QED) is 0.876. The van der Waals surface area contributed by atoms with Crippen LogP contribution in [0.15, 0.2) is 48.5 Å². The first kappa shape index (κ1) is 15.3. The smallest absolute Gasteiger partial charge is 0.256 e. The van der Waals surface area contributed by atoms with Crippen molar-refractivity contribution in [3.63, 3.8) is 0 Å². The maximum Gasteiger partial charge on any atom is 0.256 e. The molecule has 2 aromatic rings. The van der Waals surface area contributed by atoms with E-state index in [1.54, 1.807) is 11.0 Å². The second kappa shape index (κ2) is 5.54. The molecule has 4 heteroatoms. The Morgan fingerprint density at radius 2 is 1.65 bits per heavy atom. The predicted octanol–water partition coefficient (Wildman–Crippen LogP) is 3.55. The largest absolute Gasteiger partial charge is 0.324 e. The molecular formula is C19H20N2O2. The summed E-state index contributed by atoms with van der Waals surface area (Å²) in [5.41, 5.74) is 2.70. The van der Waals surface area contributed by atoms with Gasteiger partial charge in [-0.2, -0.15) is 0 Å². The molecule has 3 rings (SSSR count). The molecule has 1 aliphatic rings. The van der Waals surface area contributed by atoms with Gasteiger partial charge in [-0.3, -0.25) is 9.59 Å². The van der Waals surface area contributed by atoms with Crippen LogP contribution in [0.3, 0.4) is 0 Å². The van der Waals surface area contributed by atoms with Gasteiger partial charge in [0.1, 0.15) is 6.54 Å². The van der Waals surface area contributed by atoms with Crippen LogP contribution in [0, 0.1) is 0 Å². The number of fused-ring (bicyclic) bond motifs is 1. The van der Waals surface area contributed by atoms with E-state index >= 15 is 0 Å². The van der Waals surface area contributed by atoms with Crippen LogP contribution >= 0.6 is 0 Å². The fourth-order valence-corrected chi connectivity index (χ4v) is 2.73. The molecule has 0 atom stereocenters. The molecule has 0 radical (unpaired) electrons. The zero-order valence-corrected chi connectivity index (χ0v) is 13.6. The average Bonchev–Trinajstić information content (AvgIpc) is 2.64. The van der Waals surface area contributed by atoms with E-state index in [1.807, 2.05) is 63.2 Å². The maximum atomic E-state index is 12.9. The molecule has 0 saturated heterocycles. The van der Waals surface area contributed by atoms with Crippen LogP contribution < -0.4 is 5.32 Å². The Kier molecular flexibility index (Phi) is 3.68. The summed E-state index contributed by atoms with van der Waals surface area (Å²) in [5, 5.41) is 2.83. The van der Waals surface area contributed by atoms with Crippen molar-refractivity contribution < 1.29 is 9.59 Å². The van der Waals surface area contributed by atoms with Crippen molar-refractivity contribution in [1.29, 1.82) is 0 Å². The van der Waals surface area contributed by atoms with E-state index in [4.69, 9.17) is 0 Å². The lowest BCUT2D eigenvalue weighted by atomic mass is 9.99. The van der Waals surface area contributed by atoms with Gasteiger partial charge >= 0.3 is 0 Å². The van der Waals surface area contributed by atoms with Gasteiger partial charge in [-0.15, -0.1) is 0 Å². The predicted molar refractivity (Wildman–Crippen MR) is 91.3 cm³/mol. The van der Waals surface area contributed by atoms with Gasteiger partial charge in [0, 0.05) is 5.54 Å². The van der Waals surface area contributed by atoms with Crippen molar-refractivity contribution in [3.05, 3.63) is 54.1 Å². The van der Waals surface area contributed by atoms with Crippen molar-refractivity contribution in [2.75, 3.05) is 11.9 Å². The molecule has 4 nitrogen and oxygen atoms in total. The number of rotatable bonds is 1. The summed E-state index contributed by atoms with van der Waals surface area (Å²) in [6.07, 6.45) is 0. The summed E-state index contributed by atoms with van der Waals surface area (Å²) in [6.45, 7) is 5.87. The van der Waals surface area contributed by atoms with Crippen LogP contribution in [0.2, 0.25) is 0 Å². The Bertz CT molecular complexity index is 761. The number of carbonyl (C=O) groups is 2. The molecule has 0 bridgehead atoms. The van der Waals surface area contributed by atoms with Crippen molar-refractivity contribution in [1.82, 2.24) is 4.90 Å². The van der Waals surface area contributed by atoms with Crippen molar-refractivity contribution in [3.8, 4) is 11.1 Å². The van der Waals surface area contributed by atoms with Crippen LogP contribution in [-0.4, -0.2) is 28.8 Å². The number of anilines is 1. The van der Waals surface area contributed by atoms with Gasteiger partial charge in [-0.1, -0.05) is 36.4 Å². The number of amides is 2. The molecule has 0 saturated carbocycles. The Balaban J connectivity index is 2.10. The topological polar surface area (TPSA) is 49.4 Å². The van der Waals surface area contributed by atoms with E-state index in [9.17, 15) is 9.59 Å². The summed E-state index contributed by atoms with van der Waals surface area (Å²) < 4.78 is 0. The highest BCUT2D eigenvalue weighted by Gasteiger charge is 2.33. The van der Waals surface area contributed by atoms with Crippen LogP contribution in [0.1, 0.15) is 31.1 Å². The highest BCUT2D eigenvalue weighted by atomic mass is 16.2. The Morgan fingerprint density at radius 1 is 0.957 bits per heavy atom. The van der Waals surface area contributed by atoms with Gasteiger partial charge < -0.3 is 10.2 Å². The number of carbonyl (C=O) groups excluding carboxylic acids is 2. The molecule has 0 fully saturated rings. The third-order valence-corrected chi connectivity index (χ3v) is 3.99. The fraction of sp³-hybridized carbons (Fsp3) is 0.263. The monoisotopic (exact) mass is 308 g/mol. The maximum absolute atomic E-state index is 12.9. The SMILES string of the molecule is CC(C)(C)N1CC(=O)Nc2ccc(-c3ccccc3)cc2C1=O. The van der Waals surface area contributed by atoms with Gasteiger partial charge in [-0.05, 0) is 44.0 Å². The molecular weight excluding hydrogens is 288 g/mol. The number of hydrogen-bond donors (Lipinski definition) is 1. The second-order valence-corrected chi connectivity index (χ2v) is 6.74. The minimum absolute atomic E-state index is 0.0671. The van der Waals surface area contributed by atoms with Crippen LogP contribution in [0.5, 0.6) is 0 Å². The molecule has 118 valence electrons. The minimum Gasteiger partial charge on any atom is -0.324 e. The zero-order chi connectivity index (χ0) is 16.6. The Morgan fingerprint density at radius 3 is 2.30 bits per heavy atom. The lowest BCUT2D eigenvalue weighted by molar-refractivity contribution is -0.117. The van der Waals surface area contributed by atoms with Crippen LogP contribution in [0.4, 0.5) is 5.69 Å². The van der Waals surface area contributed by atoms with Crippen molar-refractivity contribution in [2.45, 2.75) is 26.3 Å². The van der Waals surface area contributed by atoms with E-state index in [0.29, 0.717) is 11.3 Å². The summed E-state index contributed by atoms with van der Waals surface area (Å²) >= 11 is 0. The van der Waals surface area contributed by atoms with Crippen LogP contribution in [-0.2, 0) is 4.79 Å². The zero-order valence-electron chi connectivity index (χ0n) is 13.6. The standard InChI is InChI=1S/C19H20N2O2/c1-19(2,3)21-12-17(22)20-16-10-9-14(11-15(16)18(21)23)13-7-5-4-6-8-13/h4-11H,12H2,1-3H3,(H,20,22). The number of nitrogens with zero attached hydrogens (tertiary/aromatic N) is 1. The molecule has 0 aliphatic carbocycles. The molecule has 1 N–H and O–H groups in total. The normalized spacial score (nSPS) is 15.0. The lowest BCUT2D eigenvalue weighted by Gasteiger charge is -2.34.